The van der Waals surface area contributed by atoms with Crippen LogP contribution in [0.4, 0.5) is 0 Å². The van der Waals surface area contributed by atoms with Gasteiger partial charge in [-0.15, -0.1) is 0 Å². The number of hydrogen-bond donors (Lipinski definition) is 0. The zero-order valence-electron chi connectivity index (χ0n) is 13.6. The molecule has 2 rings (SSSR count). The lowest BCUT2D eigenvalue weighted by Crippen LogP contribution is -2.08. The summed E-state index contributed by atoms with van der Waals surface area (Å²) in [7, 11) is -0.669. The molecule has 0 N–H and O–H groups in total. The van der Waals surface area contributed by atoms with Gasteiger partial charge in [0, 0.05) is 14.2 Å². The van der Waals surface area contributed by atoms with Crippen molar-refractivity contribution in [2.24, 2.45) is 0 Å². The molecule has 1 saturated carbocycles. The molecule has 0 heterocycles. The minimum atomic E-state index is -3.34. The van der Waals surface area contributed by atoms with Crippen molar-refractivity contribution in [3.8, 4) is 0 Å². The highest BCUT2D eigenvalue weighted by Gasteiger charge is 2.22. The largest absolute Gasteiger partial charge is 0.474 e. The van der Waals surface area contributed by atoms with E-state index in [1.165, 1.54) is 57.5 Å². The average molecular weight is 326 g/mol. The fourth-order valence-electron chi connectivity index (χ4n) is 3.19. The van der Waals surface area contributed by atoms with Gasteiger partial charge in [-0.05, 0) is 42.7 Å². The number of phosphoric ester groups is 1. The van der Waals surface area contributed by atoms with E-state index in [9.17, 15) is 4.57 Å². The second-order valence-corrected chi connectivity index (χ2v) is 7.67. The molecule has 1 aliphatic rings. The van der Waals surface area contributed by atoms with Crippen molar-refractivity contribution in [1.29, 1.82) is 0 Å². The molecule has 1 aliphatic carbocycles. The van der Waals surface area contributed by atoms with Crippen molar-refractivity contribution in [2.45, 2.75) is 50.9 Å². The highest BCUT2D eigenvalue weighted by Crippen LogP contribution is 2.47. The van der Waals surface area contributed by atoms with Crippen LogP contribution < -0.4 is 0 Å². The third-order valence-electron chi connectivity index (χ3n) is 4.39. The summed E-state index contributed by atoms with van der Waals surface area (Å²) in [5.41, 5.74) is 2.88. The molecule has 5 heteroatoms. The molecule has 0 aliphatic heterocycles. The minimum Gasteiger partial charge on any atom is -0.290 e. The van der Waals surface area contributed by atoms with E-state index in [1.807, 2.05) is 0 Å². The molecule has 22 heavy (non-hydrogen) atoms. The molecule has 0 radical (unpaired) electrons. The minimum absolute atomic E-state index is 0.373. The van der Waals surface area contributed by atoms with Crippen LogP contribution in [-0.4, -0.2) is 20.8 Å². The molecule has 4 nitrogen and oxygen atoms in total. The van der Waals surface area contributed by atoms with Gasteiger partial charge in [-0.2, -0.15) is 0 Å². The summed E-state index contributed by atoms with van der Waals surface area (Å²) in [5.74, 6) is 0.704. The zero-order valence-corrected chi connectivity index (χ0v) is 14.5. The third kappa shape index (κ3) is 4.92. The number of aryl methyl sites for hydroxylation is 1. The quantitative estimate of drug-likeness (QED) is 0.493. The van der Waals surface area contributed by atoms with Crippen LogP contribution in [0.1, 0.15) is 55.6 Å². The Hall–Kier alpha value is -0.670. The Balaban J connectivity index is 1.89. The molecule has 0 bridgehead atoms. The first-order valence-electron chi connectivity index (χ1n) is 8.12. The van der Waals surface area contributed by atoms with Crippen LogP contribution in [0.3, 0.4) is 0 Å². The van der Waals surface area contributed by atoms with Crippen LogP contribution in [0.25, 0.3) is 0 Å². The Morgan fingerprint density at radius 1 is 1.09 bits per heavy atom. The first kappa shape index (κ1) is 17.7. The van der Waals surface area contributed by atoms with Gasteiger partial charge in [0.25, 0.3) is 0 Å². The lowest BCUT2D eigenvalue weighted by Gasteiger charge is -2.24. The first-order chi connectivity index (χ1) is 10.7. The average Bonchev–Trinajstić information content (AvgIpc) is 2.59. The van der Waals surface area contributed by atoms with E-state index in [0.29, 0.717) is 12.5 Å². The monoisotopic (exact) mass is 326 g/mol. The van der Waals surface area contributed by atoms with Crippen molar-refractivity contribution in [1.82, 2.24) is 0 Å². The van der Waals surface area contributed by atoms with Gasteiger partial charge in [-0.3, -0.25) is 13.6 Å². The summed E-state index contributed by atoms with van der Waals surface area (Å²) in [6, 6.07) is 8.70. The van der Waals surface area contributed by atoms with Gasteiger partial charge in [0.05, 0.1) is 6.61 Å². The van der Waals surface area contributed by atoms with E-state index >= 15 is 0 Å². The molecule has 0 aromatic heterocycles. The Morgan fingerprint density at radius 2 is 1.77 bits per heavy atom. The lowest BCUT2D eigenvalue weighted by molar-refractivity contribution is 0.151. The second kappa shape index (κ2) is 8.83. The van der Waals surface area contributed by atoms with Gasteiger partial charge in [0.15, 0.2) is 0 Å². The Morgan fingerprint density at radius 3 is 2.45 bits per heavy atom. The molecule has 0 amide bonds. The van der Waals surface area contributed by atoms with Crippen LogP contribution in [0.15, 0.2) is 24.3 Å². The maximum atomic E-state index is 11.8. The molecule has 0 unspecified atom stereocenters. The van der Waals surface area contributed by atoms with Gasteiger partial charge in [0.2, 0.25) is 0 Å². The van der Waals surface area contributed by atoms with Crippen LogP contribution in [-0.2, 0) is 24.6 Å². The molecule has 124 valence electrons. The van der Waals surface area contributed by atoms with Crippen LogP contribution in [0.5, 0.6) is 0 Å². The molecule has 1 aromatic rings. The molecule has 0 spiro atoms. The summed E-state index contributed by atoms with van der Waals surface area (Å²) in [6.07, 6.45) is 8.39. The number of rotatable bonds is 8. The van der Waals surface area contributed by atoms with Crippen molar-refractivity contribution < 1.29 is 18.1 Å². The number of phosphoric acid groups is 1. The fourth-order valence-corrected chi connectivity index (χ4v) is 3.91. The second-order valence-electron chi connectivity index (χ2n) is 5.78. The van der Waals surface area contributed by atoms with Crippen LogP contribution >= 0.6 is 7.82 Å². The molecular formula is C17H27O4P. The maximum absolute atomic E-state index is 11.8. The smallest absolute Gasteiger partial charge is 0.290 e. The molecule has 0 saturated heterocycles. The van der Waals surface area contributed by atoms with E-state index in [4.69, 9.17) is 13.6 Å². The molecule has 1 aromatic carbocycles. The standard InChI is InChI=1S/C17H27O4P/c1-19-22(18,20-2)21-14-8-12-16-11-6-7-13-17(16)15-9-4-3-5-10-15/h6-7,11,13,15H,3-5,8-10,12,14H2,1-2H3. The highest BCUT2D eigenvalue weighted by molar-refractivity contribution is 7.48. The number of benzene rings is 1. The summed E-state index contributed by atoms with van der Waals surface area (Å²) >= 11 is 0. The molecule has 1 fully saturated rings. The first-order valence-corrected chi connectivity index (χ1v) is 9.58. The SMILES string of the molecule is COP(=O)(OC)OCCCc1ccccc1C1CCCCC1. The lowest BCUT2D eigenvalue weighted by atomic mass is 9.81. The van der Waals surface area contributed by atoms with Gasteiger partial charge in [-0.25, -0.2) is 4.57 Å². The Bertz CT molecular complexity index is 489. The van der Waals surface area contributed by atoms with Crippen molar-refractivity contribution in [3.05, 3.63) is 35.4 Å². The predicted octanol–water partition coefficient (Wildman–Crippen LogP) is 5.08. The van der Waals surface area contributed by atoms with Crippen molar-refractivity contribution in [2.75, 3.05) is 20.8 Å². The molecule has 0 atom stereocenters. The third-order valence-corrected chi connectivity index (χ3v) is 5.78. The van der Waals surface area contributed by atoms with E-state index in [-0.39, 0.29) is 0 Å². The Kier molecular flexibility index (Phi) is 7.10. The van der Waals surface area contributed by atoms with Gasteiger partial charge >= 0.3 is 7.82 Å². The summed E-state index contributed by atoms with van der Waals surface area (Å²) in [5, 5.41) is 0. The fraction of sp³-hybridized carbons (Fsp3) is 0.647. The van der Waals surface area contributed by atoms with E-state index in [2.05, 4.69) is 24.3 Å². The maximum Gasteiger partial charge on any atom is 0.474 e. The predicted molar refractivity (Wildman–Crippen MR) is 88.2 cm³/mol. The van der Waals surface area contributed by atoms with Crippen LogP contribution in [0, 0.1) is 0 Å². The zero-order chi connectivity index (χ0) is 15.8. The summed E-state index contributed by atoms with van der Waals surface area (Å²) in [4.78, 5) is 0. The van der Waals surface area contributed by atoms with Gasteiger partial charge in [-0.1, -0.05) is 43.5 Å². The van der Waals surface area contributed by atoms with Gasteiger partial charge in [0.1, 0.15) is 0 Å². The Labute approximate surface area is 133 Å². The van der Waals surface area contributed by atoms with Crippen LogP contribution in [0.2, 0.25) is 0 Å². The molecular weight excluding hydrogens is 299 g/mol. The summed E-state index contributed by atoms with van der Waals surface area (Å²) in [6.45, 7) is 0.373. The van der Waals surface area contributed by atoms with E-state index < -0.39 is 7.82 Å². The normalized spacial score (nSPS) is 16.8. The van der Waals surface area contributed by atoms with E-state index in [1.54, 1.807) is 0 Å². The number of hydrogen-bond acceptors (Lipinski definition) is 4. The van der Waals surface area contributed by atoms with Crippen molar-refractivity contribution >= 4 is 7.82 Å². The topological polar surface area (TPSA) is 44.8 Å². The highest BCUT2D eigenvalue weighted by atomic mass is 31.2. The van der Waals surface area contributed by atoms with Crippen molar-refractivity contribution in [3.63, 3.8) is 0 Å². The summed E-state index contributed by atoms with van der Waals surface area (Å²) < 4.78 is 26.6. The van der Waals surface area contributed by atoms with Gasteiger partial charge < -0.3 is 0 Å². The van der Waals surface area contributed by atoms with E-state index in [0.717, 1.165) is 12.8 Å².